The van der Waals surface area contributed by atoms with Gasteiger partial charge < -0.3 is 15.5 Å². The maximum Gasteiger partial charge on any atom is 0.237 e. The fraction of sp³-hybridized carbons (Fsp3) is 0.263. The van der Waals surface area contributed by atoms with Gasteiger partial charge in [0.15, 0.2) is 5.65 Å². The van der Waals surface area contributed by atoms with Crippen LogP contribution in [0.3, 0.4) is 0 Å². The van der Waals surface area contributed by atoms with Gasteiger partial charge in [0, 0.05) is 12.6 Å². The monoisotopic (exact) mass is 400 g/mol. The maximum absolute atomic E-state index is 14.3. The van der Waals surface area contributed by atoms with Crippen LogP contribution in [0.25, 0.3) is 5.65 Å². The van der Waals surface area contributed by atoms with Gasteiger partial charge in [-0.05, 0) is 23.8 Å². The van der Waals surface area contributed by atoms with Crippen molar-refractivity contribution in [2.24, 2.45) is 5.73 Å². The molecule has 3 heterocycles. The molecule has 2 N–H and O–H groups in total. The Kier molecular flexibility index (Phi) is 4.83. The van der Waals surface area contributed by atoms with Gasteiger partial charge in [0.2, 0.25) is 12.3 Å². The van der Waals surface area contributed by atoms with Crippen LogP contribution in [0.2, 0.25) is 0 Å². The van der Waals surface area contributed by atoms with Gasteiger partial charge in [-0.15, -0.1) is 0 Å². The zero-order chi connectivity index (χ0) is 20.5. The number of nitrogens with zero attached hydrogens (tertiary/aromatic N) is 5. The van der Waals surface area contributed by atoms with E-state index in [-0.39, 0.29) is 31.4 Å². The average Bonchev–Trinajstić information content (AvgIpc) is 3.29. The highest BCUT2D eigenvalue weighted by Gasteiger charge is 2.34. The van der Waals surface area contributed by atoms with E-state index in [9.17, 15) is 18.4 Å². The molecule has 2 atom stereocenters. The highest BCUT2D eigenvalue weighted by Crippen LogP contribution is 2.37. The number of hydrogen-bond donors (Lipinski definition) is 1. The van der Waals surface area contributed by atoms with Crippen LogP contribution in [0.15, 0.2) is 42.7 Å². The molecular formula is C19H18F2N6O2. The van der Waals surface area contributed by atoms with E-state index in [2.05, 4.69) is 10.1 Å². The largest absolute Gasteiger partial charge is 0.368 e. The highest BCUT2D eigenvalue weighted by molar-refractivity contribution is 5.91. The summed E-state index contributed by atoms with van der Waals surface area (Å²) in [5.74, 6) is -0.614. The molecule has 1 aromatic carbocycles. The van der Waals surface area contributed by atoms with E-state index in [4.69, 9.17) is 5.73 Å². The Morgan fingerprint density at radius 2 is 2.21 bits per heavy atom. The number of fused-ring (bicyclic) bond motifs is 1. The van der Waals surface area contributed by atoms with Crippen LogP contribution in [-0.2, 0) is 9.59 Å². The summed E-state index contributed by atoms with van der Waals surface area (Å²) < 4.78 is 29.4. The first kappa shape index (κ1) is 18.8. The molecule has 3 aromatic rings. The molecule has 29 heavy (non-hydrogen) atoms. The van der Waals surface area contributed by atoms with Crippen molar-refractivity contribution in [3.8, 4) is 0 Å². The number of carbonyl (C=O) groups excluding carboxylic acids is 2. The second-order valence-electron chi connectivity index (χ2n) is 6.84. The van der Waals surface area contributed by atoms with Crippen LogP contribution in [0, 0.1) is 5.82 Å². The first-order valence-electron chi connectivity index (χ1n) is 8.97. The van der Waals surface area contributed by atoms with E-state index in [1.54, 1.807) is 29.3 Å². The lowest BCUT2D eigenvalue weighted by atomic mass is 10.0. The second-order valence-corrected chi connectivity index (χ2v) is 6.84. The molecule has 2 amide bonds. The minimum Gasteiger partial charge on any atom is -0.368 e. The van der Waals surface area contributed by atoms with Crippen molar-refractivity contribution in [2.75, 3.05) is 22.9 Å². The van der Waals surface area contributed by atoms with Gasteiger partial charge in [-0.3, -0.25) is 9.59 Å². The molecule has 1 fully saturated rings. The summed E-state index contributed by atoms with van der Waals surface area (Å²) in [6.07, 6.45) is 2.62. The number of anilines is 2. The fourth-order valence-electron chi connectivity index (χ4n) is 3.62. The van der Waals surface area contributed by atoms with E-state index in [1.807, 2.05) is 0 Å². The smallest absolute Gasteiger partial charge is 0.237 e. The summed E-state index contributed by atoms with van der Waals surface area (Å²) >= 11 is 0. The van der Waals surface area contributed by atoms with Gasteiger partial charge >= 0.3 is 0 Å². The normalized spacial score (nSPS) is 18.9. The second kappa shape index (κ2) is 7.46. The predicted octanol–water partition coefficient (Wildman–Crippen LogP) is 1.61. The number of hydrogen-bond acceptors (Lipinski definition) is 5. The minimum atomic E-state index is -1.09. The molecule has 1 saturated heterocycles. The summed E-state index contributed by atoms with van der Waals surface area (Å²) in [6.45, 7) is -0.217. The van der Waals surface area contributed by atoms with Crippen molar-refractivity contribution in [2.45, 2.75) is 18.6 Å². The molecule has 0 saturated carbocycles. The lowest BCUT2D eigenvalue weighted by Crippen LogP contribution is -2.32. The Morgan fingerprint density at radius 1 is 1.38 bits per heavy atom. The van der Waals surface area contributed by atoms with E-state index in [0.29, 0.717) is 29.1 Å². The SMILES string of the molecule is NC(=O)CN(C=O)c1cnn2ccc(N3CC(F)CC3c3cccc(F)c3)nc12. The average molecular weight is 400 g/mol. The Morgan fingerprint density at radius 3 is 2.93 bits per heavy atom. The molecule has 1 aliphatic heterocycles. The lowest BCUT2D eigenvalue weighted by molar-refractivity contribution is -0.118. The zero-order valence-corrected chi connectivity index (χ0v) is 15.3. The summed E-state index contributed by atoms with van der Waals surface area (Å²) in [5.41, 5.74) is 6.47. The molecule has 8 nitrogen and oxygen atoms in total. The summed E-state index contributed by atoms with van der Waals surface area (Å²) in [4.78, 5) is 30.0. The Hall–Kier alpha value is -3.56. The van der Waals surface area contributed by atoms with Gasteiger partial charge in [0.05, 0.1) is 18.8 Å². The van der Waals surface area contributed by atoms with Gasteiger partial charge in [-0.2, -0.15) is 5.10 Å². The molecule has 4 rings (SSSR count). The summed E-state index contributed by atoms with van der Waals surface area (Å²) in [5, 5.41) is 4.13. The van der Waals surface area contributed by atoms with Crippen molar-refractivity contribution in [1.29, 1.82) is 0 Å². The van der Waals surface area contributed by atoms with Gasteiger partial charge in [-0.1, -0.05) is 12.1 Å². The van der Waals surface area contributed by atoms with Crippen LogP contribution in [0.4, 0.5) is 20.3 Å². The van der Waals surface area contributed by atoms with E-state index < -0.39 is 12.1 Å². The molecule has 10 heteroatoms. The number of primary amides is 1. The van der Waals surface area contributed by atoms with Crippen molar-refractivity contribution in [3.05, 3.63) is 54.1 Å². The quantitative estimate of drug-likeness (QED) is 0.634. The molecule has 1 aliphatic rings. The summed E-state index contributed by atoms with van der Waals surface area (Å²) in [6, 6.07) is 7.36. The van der Waals surface area contributed by atoms with Crippen molar-refractivity contribution in [3.63, 3.8) is 0 Å². The fourth-order valence-corrected chi connectivity index (χ4v) is 3.62. The zero-order valence-electron chi connectivity index (χ0n) is 15.3. The number of aromatic nitrogens is 3. The standard InChI is InChI=1S/C19H18F2N6O2/c20-13-3-1-2-12(6-13)15-7-14(21)9-26(15)18-4-5-27-19(24-18)16(8-23-27)25(11-28)10-17(22)29/h1-6,8,11,14-15H,7,9-10H2,(H2,22,29). The Labute approximate surface area is 164 Å². The van der Waals surface area contributed by atoms with E-state index in [1.165, 1.54) is 22.8 Å². The number of nitrogens with two attached hydrogens (primary N) is 1. The topological polar surface area (TPSA) is 96.8 Å². The van der Waals surface area contributed by atoms with E-state index in [0.717, 1.165) is 4.90 Å². The number of benzene rings is 1. The molecular weight excluding hydrogens is 382 g/mol. The lowest BCUT2D eigenvalue weighted by Gasteiger charge is -2.26. The van der Waals surface area contributed by atoms with Crippen LogP contribution < -0.4 is 15.5 Å². The van der Waals surface area contributed by atoms with Crippen LogP contribution >= 0.6 is 0 Å². The molecule has 0 spiro atoms. The molecule has 0 bridgehead atoms. The number of carbonyl (C=O) groups is 2. The van der Waals surface area contributed by atoms with Crippen molar-refractivity contribution in [1.82, 2.24) is 14.6 Å². The number of amides is 2. The Balaban J connectivity index is 1.74. The van der Waals surface area contributed by atoms with Gasteiger partial charge in [-0.25, -0.2) is 18.3 Å². The molecule has 0 aliphatic carbocycles. The van der Waals surface area contributed by atoms with Gasteiger partial charge in [0.25, 0.3) is 0 Å². The predicted molar refractivity (Wildman–Crippen MR) is 102 cm³/mol. The molecule has 0 radical (unpaired) electrons. The summed E-state index contributed by atoms with van der Waals surface area (Å²) in [7, 11) is 0. The number of alkyl halides is 1. The third-order valence-corrected chi connectivity index (χ3v) is 4.88. The molecule has 2 aromatic heterocycles. The third kappa shape index (κ3) is 3.60. The third-order valence-electron chi connectivity index (χ3n) is 4.88. The first-order valence-corrected chi connectivity index (χ1v) is 8.97. The van der Waals surface area contributed by atoms with Crippen LogP contribution in [0.1, 0.15) is 18.0 Å². The Bertz CT molecular complexity index is 1070. The van der Waals surface area contributed by atoms with Crippen molar-refractivity contribution >= 4 is 29.5 Å². The highest BCUT2D eigenvalue weighted by atomic mass is 19.1. The molecule has 150 valence electrons. The van der Waals surface area contributed by atoms with Crippen LogP contribution in [0.5, 0.6) is 0 Å². The first-order chi connectivity index (χ1) is 14.0. The van der Waals surface area contributed by atoms with Crippen LogP contribution in [-0.4, -0.2) is 46.2 Å². The number of halogens is 2. The maximum atomic E-state index is 14.3. The molecule has 2 unspecified atom stereocenters. The van der Waals surface area contributed by atoms with Gasteiger partial charge in [0.1, 0.15) is 30.0 Å². The van der Waals surface area contributed by atoms with E-state index >= 15 is 0 Å². The minimum absolute atomic E-state index is 0.104. The number of rotatable bonds is 6. The van der Waals surface area contributed by atoms with Crippen molar-refractivity contribution < 1.29 is 18.4 Å².